The van der Waals surface area contributed by atoms with Crippen molar-refractivity contribution in [3.8, 4) is 0 Å². The average molecular weight is 72.1 g/mol. The molecule has 0 spiro atoms. The Bertz CT molecular complexity index is 185. The first-order valence-corrected chi connectivity index (χ1v) is 1.20. The maximum absolute atomic E-state index is 6.97. The molecular formula is C4H5N. The highest BCUT2D eigenvalue weighted by molar-refractivity contribution is 4.84. The van der Waals surface area contributed by atoms with Crippen LogP contribution in [0.15, 0.2) is 24.4 Å². The molecule has 1 N–H and O–H groups in total. The van der Waals surface area contributed by atoms with Gasteiger partial charge in [-0.1, -0.05) is 0 Å². The predicted molar refractivity (Wildman–Crippen MR) is 20.8 cm³/mol. The van der Waals surface area contributed by atoms with Gasteiger partial charge < -0.3 is 4.98 Å². The minimum absolute atomic E-state index is 0.361. The second kappa shape index (κ2) is 0.931. The van der Waals surface area contributed by atoms with Gasteiger partial charge in [0, 0.05) is 12.3 Å². The lowest BCUT2D eigenvalue weighted by Gasteiger charge is -1.49. The highest BCUT2D eigenvalue weighted by atomic mass is 14.6. The average Bonchev–Trinajstić information content (AvgIpc) is 2.07. The fourth-order valence-corrected chi connectivity index (χ4v) is 0.140. The zero-order chi connectivity index (χ0) is 7.89. The lowest BCUT2D eigenvalue weighted by Crippen LogP contribution is -1.38. The van der Waals surface area contributed by atoms with E-state index in [2.05, 4.69) is 0 Å². The molecule has 1 heteroatoms. The van der Waals surface area contributed by atoms with Gasteiger partial charge in [-0.15, -0.1) is 0 Å². The summed E-state index contributed by atoms with van der Waals surface area (Å²) in [5, 5.41) is 0. The summed E-state index contributed by atoms with van der Waals surface area (Å²) in [5.41, 5.74) is 0. The maximum Gasteiger partial charge on any atom is 0.165 e. The highest BCUT2D eigenvalue weighted by Gasteiger charge is 1.55. The Hall–Kier alpha value is -0.720. The highest BCUT2D eigenvalue weighted by Crippen LogP contribution is 1.72. The van der Waals surface area contributed by atoms with Crippen molar-refractivity contribution in [1.82, 2.24) is 4.98 Å². The molecular weight excluding hydrogens is 62.1 g/mol. The lowest BCUT2D eigenvalue weighted by molar-refractivity contribution is 1.42. The van der Waals surface area contributed by atoms with Gasteiger partial charge in [0.05, 0.1) is 5.48 Å². The molecule has 0 aliphatic heterocycles. The molecule has 0 saturated heterocycles. The van der Waals surface area contributed by atoms with Gasteiger partial charge in [-0.3, -0.25) is 0 Å². The Kier molecular flexibility index (Phi) is 0.0995. The third-order valence-corrected chi connectivity index (χ3v) is 0.286. The van der Waals surface area contributed by atoms with E-state index in [0.29, 0.717) is 4.98 Å². The molecule has 0 aliphatic rings. The Balaban J connectivity index is 3.44. The molecule has 0 aromatic carbocycles. The number of hydrogen-bond donors (Lipinski definition) is 1. The largest absolute Gasteiger partial charge is 0.368 e. The monoisotopic (exact) mass is 72.1 g/mol. The summed E-state index contributed by atoms with van der Waals surface area (Å²) in [6.07, 6.45) is -0.815. The van der Waals surface area contributed by atoms with E-state index in [1.165, 1.54) is 0 Å². The van der Waals surface area contributed by atoms with Crippen molar-refractivity contribution in [2.75, 3.05) is 0 Å². The van der Waals surface area contributed by atoms with E-state index in [9.17, 15) is 0 Å². The van der Waals surface area contributed by atoms with Crippen LogP contribution in [0.5, 0.6) is 0 Å². The molecule has 0 amide bonds. The minimum Gasteiger partial charge on any atom is -0.368 e. The summed E-state index contributed by atoms with van der Waals surface area (Å²) in [5.74, 6) is 0. The quantitative estimate of drug-likeness (QED) is 0.471. The van der Waals surface area contributed by atoms with Gasteiger partial charge in [-0.25, -0.2) is 0 Å². The van der Waals surface area contributed by atoms with Crippen LogP contribution in [0.25, 0.3) is 0 Å². The summed E-state index contributed by atoms with van der Waals surface area (Å²) in [7, 11) is 0. The fourth-order valence-electron chi connectivity index (χ4n) is 0.140. The van der Waals surface area contributed by atoms with Crippen molar-refractivity contribution in [2.45, 2.75) is 0 Å². The molecule has 0 fully saturated rings. The topological polar surface area (TPSA) is 15.8 Å². The van der Waals surface area contributed by atoms with Gasteiger partial charge in [0.2, 0.25) is 0 Å². The summed E-state index contributed by atoms with van der Waals surface area (Å²) in [4.78, 5) is 0.449. The van der Waals surface area contributed by atoms with Crippen molar-refractivity contribution in [1.29, 1.82) is 0 Å². The second-order valence-corrected chi connectivity index (χ2v) is 0.585. The van der Waals surface area contributed by atoms with Gasteiger partial charge in [0.15, 0.2) is 1.41 Å². The van der Waals surface area contributed by atoms with E-state index in [1.54, 1.807) is 0 Å². The van der Waals surface area contributed by atoms with Crippen LogP contribution in [-0.2, 0) is 0 Å². The first kappa shape index (κ1) is 0.535. The van der Waals surface area contributed by atoms with Crippen LogP contribution in [0.3, 0.4) is 0 Å². The van der Waals surface area contributed by atoms with Gasteiger partial charge >= 0.3 is 0 Å². The van der Waals surface area contributed by atoms with Gasteiger partial charge in [-0.2, -0.15) is 0 Å². The third-order valence-electron chi connectivity index (χ3n) is 0.286. The number of rotatable bonds is 0. The smallest absolute Gasteiger partial charge is 0.165 e. The molecule has 1 rings (SSSR count). The van der Waals surface area contributed by atoms with Crippen LogP contribution < -0.4 is 0 Å². The van der Waals surface area contributed by atoms with E-state index >= 15 is 0 Å². The van der Waals surface area contributed by atoms with Crippen molar-refractivity contribution < 1.29 is 6.89 Å². The standard InChI is InChI=1S/C4H5N/c1-2-4-5-3-1/h1-5H/i1D,2D,3D,4D/hD. The molecule has 1 heterocycles. The summed E-state index contributed by atoms with van der Waals surface area (Å²) in [6, 6.07) is -0.722. The molecule has 0 unspecified atom stereocenters. The van der Waals surface area contributed by atoms with Gasteiger partial charge in [0.1, 0.15) is 0 Å². The van der Waals surface area contributed by atoms with Crippen molar-refractivity contribution in [3.63, 3.8) is 0 Å². The van der Waals surface area contributed by atoms with Gasteiger partial charge in [-0.05, 0) is 12.1 Å². The number of aromatic amines is 1. The normalized spacial score (nSPS) is 22.0. The Morgan fingerprint density at radius 2 is 2.20 bits per heavy atom. The van der Waals surface area contributed by atoms with Crippen LogP contribution in [0, 0.1) is 0 Å². The molecule has 0 radical (unpaired) electrons. The Morgan fingerprint density at radius 3 is 2.40 bits per heavy atom. The van der Waals surface area contributed by atoms with Crippen LogP contribution >= 0.6 is 0 Å². The SMILES string of the molecule is [2H]c1c([2H])c([2H])n([2H])c1[2H]. The third kappa shape index (κ3) is 0.293. The summed E-state index contributed by atoms with van der Waals surface area (Å²) < 4.78 is 34.8. The van der Waals surface area contributed by atoms with Crippen LogP contribution in [-0.4, -0.2) is 4.98 Å². The number of nitrogens with one attached hydrogen (secondary N) is 1. The number of aromatic nitrogens is 1. The van der Waals surface area contributed by atoms with Gasteiger partial charge in [0.25, 0.3) is 0 Å². The lowest BCUT2D eigenvalue weighted by atomic mass is 10.7. The maximum atomic E-state index is 6.97. The van der Waals surface area contributed by atoms with E-state index < -0.39 is 12.3 Å². The van der Waals surface area contributed by atoms with Crippen molar-refractivity contribution in [3.05, 3.63) is 24.4 Å². The van der Waals surface area contributed by atoms with Crippen molar-refractivity contribution >= 4 is 0 Å². The zero-order valence-corrected chi connectivity index (χ0v) is 2.45. The van der Waals surface area contributed by atoms with Crippen LogP contribution in [0.4, 0.5) is 0 Å². The molecule has 0 aliphatic carbocycles. The number of hydrogen-bond acceptors (Lipinski definition) is 0. The van der Waals surface area contributed by atoms with Crippen LogP contribution in [0.2, 0.25) is 1.41 Å². The summed E-state index contributed by atoms with van der Waals surface area (Å²) in [6.45, 7) is 0. The molecule has 0 bridgehead atoms. The van der Waals surface area contributed by atoms with E-state index in [4.69, 9.17) is 6.89 Å². The minimum atomic E-state index is -0.407. The molecule has 1 aromatic heterocycles. The molecule has 0 atom stereocenters. The number of H-pyrrole nitrogens is 1. The molecule has 5 heavy (non-hydrogen) atoms. The Morgan fingerprint density at radius 1 is 1.60 bits per heavy atom. The molecule has 1 nitrogen and oxygen atoms in total. The predicted octanol–water partition coefficient (Wildman–Crippen LogP) is 1.01. The van der Waals surface area contributed by atoms with E-state index in [-0.39, 0.29) is 12.1 Å². The van der Waals surface area contributed by atoms with Crippen LogP contribution in [0.1, 0.15) is 5.48 Å². The first-order chi connectivity index (χ1) is 4.55. The van der Waals surface area contributed by atoms with E-state index in [0.717, 1.165) is 0 Å². The first-order valence-electron chi connectivity index (χ1n) is 3.64. The van der Waals surface area contributed by atoms with E-state index in [1.807, 2.05) is 0 Å². The second-order valence-electron chi connectivity index (χ2n) is 0.585. The molecule has 26 valence electrons. The molecule has 1 aromatic rings. The molecule has 0 saturated carbocycles. The Labute approximate surface area is 37.7 Å². The zero-order valence-electron chi connectivity index (χ0n) is 7.45. The fraction of sp³-hybridized carbons (Fsp3) is 0. The summed E-state index contributed by atoms with van der Waals surface area (Å²) >= 11 is 0. The van der Waals surface area contributed by atoms with Crippen molar-refractivity contribution in [2.24, 2.45) is 0 Å².